The lowest BCUT2D eigenvalue weighted by atomic mass is 9.72. The van der Waals surface area contributed by atoms with E-state index in [1.54, 1.807) is 54.6 Å². The number of hydrogen-bond acceptors (Lipinski definition) is 1. The minimum absolute atomic E-state index is 0.329. The molecule has 0 saturated heterocycles. The topological polar surface area (TPSA) is 20.3 Å². The zero-order chi connectivity index (χ0) is 16.7. The van der Waals surface area contributed by atoms with Crippen LogP contribution in [-0.4, -0.2) is 19.1 Å². The smallest absolute Gasteiger partial charge is 0.314 e. The molecule has 0 aliphatic carbocycles. The van der Waals surface area contributed by atoms with Crippen LogP contribution in [0.25, 0.3) is 0 Å². The molecule has 0 radical (unpaired) electrons. The molecule has 3 rings (SSSR count). The van der Waals surface area contributed by atoms with E-state index in [0.717, 1.165) is 4.90 Å². The first-order valence-corrected chi connectivity index (χ1v) is 7.32. The van der Waals surface area contributed by atoms with Crippen molar-refractivity contribution in [1.82, 2.24) is 0 Å². The molecule has 5 heteroatoms. The number of carbonyl (C=O) groups is 1. The molecule has 0 saturated carbocycles. The first-order valence-electron chi connectivity index (χ1n) is 7.32. The summed E-state index contributed by atoms with van der Waals surface area (Å²) in [6.07, 6.45) is -5.30. The number of para-hydroxylation sites is 1. The minimum Gasteiger partial charge on any atom is -0.314 e. The molecule has 1 amide bonds. The number of rotatable bonds is 2. The van der Waals surface area contributed by atoms with Gasteiger partial charge >= 0.3 is 6.18 Å². The van der Waals surface area contributed by atoms with Crippen LogP contribution >= 0.6 is 0 Å². The lowest BCUT2D eigenvalue weighted by molar-refractivity contribution is -0.221. The van der Waals surface area contributed by atoms with Gasteiger partial charge in [0.2, 0.25) is 5.91 Å². The van der Waals surface area contributed by atoms with Crippen molar-refractivity contribution in [2.75, 3.05) is 11.9 Å². The van der Waals surface area contributed by atoms with Gasteiger partial charge in [-0.15, -0.1) is 0 Å². The fourth-order valence-corrected chi connectivity index (χ4v) is 3.22. The first kappa shape index (κ1) is 15.6. The summed E-state index contributed by atoms with van der Waals surface area (Å²) in [5.41, 5.74) is -0.823. The molecule has 0 fully saturated rings. The molecule has 2 aromatic rings. The number of carbonyl (C=O) groups excluding carboxylic acids is 1. The monoisotopic (exact) mass is 319 g/mol. The van der Waals surface area contributed by atoms with Crippen molar-refractivity contribution in [3.63, 3.8) is 0 Å². The van der Waals surface area contributed by atoms with Crippen LogP contribution in [0.3, 0.4) is 0 Å². The van der Waals surface area contributed by atoms with Gasteiger partial charge in [-0.2, -0.15) is 13.2 Å². The summed E-state index contributed by atoms with van der Waals surface area (Å²) in [5.74, 6) is -0.896. The molecule has 0 aromatic heterocycles. The number of halogens is 3. The summed E-state index contributed by atoms with van der Waals surface area (Å²) < 4.78 is 41.9. The number of fused-ring (bicyclic) bond motifs is 1. The predicted octanol–water partition coefficient (Wildman–Crippen LogP) is 4.00. The molecule has 0 bridgehead atoms. The van der Waals surface area contributed by atoms with Gasteiger partial charge in [0.1, 0.15) is 0 Å². The molecule has 1 atom stereocenters. The summed E-state index contributed by atoms with van der Waals surface area (Å²) in [7, 11) is 1.41. The normalized spacial score (nSPS) is 21.2. The van der Waals surface area contributed by atoms with Crippen molar-refractivity contribution >= 4 is 11.6 Å². The SMILES string of the molecule is CN1C(=O)C(Cc2ccccc2)(C(F)(F)F)Cc2ccccc21. The quantitative estimate of drug-likeness (QED) is 0.819. The second-order valence-electron chi connectivity index (χ2n) is 5.91. The number of benzene rings is 2. The highest BCUT2D eigenvalue weighted by molar-refractivity contribution is 6.01. The van der Waals surface area contributed by atoms with Crippen molar-refractivity contribution < 1.29 is 18.0 Å². The van der Waals surface area contributed by atoms with Gasteiger partial charge in [0.05, 0.1) is 0 Å². The molecular weight excluding hydrogens is 303 g/mol. The zero-order valence-corrected chi connectivity index (χ0v) is 12.6. The van der Waals surface area contributed by atoms with Gasteiger partial charge < -0.3 is 4.90 Å². The molecule has 0 N–H and O–H groups in total. The summed E-state index contributed by atoms with van der Waals surface area (Å²) in [5, 5.41) is 0. The average Bonchev–Trinajstić information content (AvgIpc) is 2.52. The standard InChI is InChI=1S/C18H16F3NO/c1-22-15-10-6-5-9-14(15)12-17(16(22)23,18(19,20)21)11-13-7-3-2-4-8-13/h2-10H,11-12H2,1H3. The Morgan fingerprint density at radius 2 is 1.65 bits per heavy atom. The predicted molar refractivity (Wildman–Crippen MR) is 82.2 cm³/mol. The van der Waals surface area contributed by atoms with E-state index in [0.29, 0.717) is 16.8 Å². The van der Waals surface area contributed by atoms with Gasteiger partial charge in [0.15, 0.2) is 5.41 Å². The maximum Gasteiger partial charge on any atom is 0.403 e. The van der Waals surface area contributed by atoms with Crippen molar-refractivity contribution in [3.8, 4) is 0 Å². The number of anilines is 1. The third-order valence-corrected chi connectivity index (χ3v) is 4.45. The maximum atomic E-state index is 14.0. The third-order valence-electron chi connectivity index (χ3n) is 4.45. The number of amides is 1. The Morgan fingerprint density at radius 1 is 1.04 bits per heavy atom. The maximum absolute atomic E-state index is 14.0. The van der Waals surface area contributed by atoms with Gasteiger partial charge in [0.25, 0.3) is 0 Å². The van der Waals surface area contributed by atoms with Crippen LogP contribution in [0.5, 0.6) is 0 Å². The highest BCUT2D eigenvalue weighted by atomic mass is 19.4. The Balaban J connectivity index is 2.12. The van der Waals surface area contributed by atoms with Crippen LogP contribution in [0.4, 0.5) is 18.9 Å². The van der Waals surface area contributed by atoms with E-state index in [1.165, 1.54) is 7.05 Å². The Kier molecular flexibility index (Phi) is 3.66. The molecule has 1 aliphatic heterocycles. The van der Waals surface area contributed by atoms with E-state index < -0.39 is 17.5 Å². The molecule has 2 aromatic carbocycles. The molecule has 1 unspecified atom stereocenters. The fourth-order valence-electron chi connectivity index (χ4n) is 3.22. The summed E-state index contributed by atoms with van der Waals surface area (Å²) >= 11 is 0. The van der Waals surface area contributed by atoms with E-state index in [1.807, 2.05) is 0 Å². The van der Waals surface area contributed by atoms with Crippen LogP contribution in [0.1, 0.15) is 11.1 Å². The molecular formula is C18H16F3NO. The largest absolute Gasteiger partial charge is 0.403 e. The molecule has 1 heterocycles. The molecule has 23 heavy (non-hydrogen) atoms. The second-order valence-corrected chi connectivity index (χ2v) is 5.91. The van der Waals surface area contributed by atoms with Crippen molar-refractivity contribution in [1.29, 1.82) is 0 Å². The summed E-state index contributed by atoms with van der Waals surface area (Å²) in [4.78, 5) is 13.8. The zero-order valence-electron chi connectivity index (χ0n) is 12.6. The Bertz CT molecular complexity index is 727. The van der Waals surface area contributed by atoms with Gasteiger partial charge in [-0.05, 0) is 30.0 Å². The Labute approximate surface area is 132 Å². The molecule has 1 aliphatic rings. The number of alkyl halides is 3. The second kappa shape index (κ2) is 5.41. The number of nitrogens with zero attached hydrogens (tertiary/aromatic N) is 1. The van der Waals surface area contributed by atoms with E-state index in [9.17, 15) is 18.0 Å². The third kappa shape index (κ3) is 2.50. The lowest BCUT2D eigenvalue weighted by Gasteiger charge is -2.42. The van der Waals surface area contributed by atoms with Crippen molar-refractivity contribution in [3.05, 3.63) is 65.7 Å². The Hall–Kier alpha value is -2.30. The van der Waals surface area contributed by atoms with Crippen LogP contribution in [0, 0.1) is 5.41 Å². The van der Waals surface area contributed by atoms with E-state index in [2.05, 4.69) is 0 Å². The van der Waals surface area contributed by atoms with Gasteiger partial charge in [-0.25, -0.2) is 0 Å². The summed E-state index contributed by atoms with van der Waals surface area (Å²) in [6.45, 7) is 0. The highest BCUT2D eigenvalue weighted by Crippen LogP contribution is 2.49. The van der Waals surface area contributed by atoms with E-state index >= 15 is 0 Å². The van der Waals surface area contributed by atoms with E-state index in [-0.39, 0.29) is 12.8 Å². The first-order chi connectivity index (χ1) is 10.8. The summed E-state index contributed by atoms with van der Waals surface area (Å²) in [6, 6.07) is 15.1. The van der Waals surface area contributed by atoms with Crippen molar-refractivity contribution in [2.45, 2.75) is 19.0 Å². The van der Waals surface area contributed by atoms with Gasteiger partial charge in [-0.3, -0.25) is 4.79 Å². The minimum atomic E-state index is -4.62. The molecule has 2 nitrogen and oxygen atoms in total. The average molecular weight is 319 g/mol. The van der Waals surface area contributed by atoms with Crippen molar-refractivity contribution in [2.24, 2.45) is 5.41 Å². The van der Waals surface area contributed by atoms with Gasteiger partial charge in [-0.1, -0.05) is 48.5 Å². The molecule has 0 spiro atoms. The van der Waals surface area contributed by atoms with Crippen LogP contribution in [0.15, 0.2) is 54.6 Å². The number of hydrogen-bond donors (Lipinski definition) is 0. The highest BCUT2D eigenvalue weighted by Gasteiger charge is 2.62. The lowest BCUT2D eigenvalue weighted by Crippen LogP contribution is -2.56. The van der Waals surface area contributed by atoms with Crippen LogP contribution in [0.2, 0.25) is 0 Å². The molecule has 120 valence electrons. The Morgan fingerprint density at radius 3 is 2.30 bits per heavy atom. The van der Waals surface area contributed by atoms with Crippen LogP contribution in [-0.2, 0) is 17.6 Å². The van der Waals surface area contributed by atoms with Crippen LogP contribution < -0.4 is 4.90 Å². The van der Waals surface area contributed by atoms with Gasteiger partial charge in [0, 0.05) is 12.7 Å². The van der Waals surface area contributed by atoms with E-state index in [4.69, 9.17) is 0 Å². The fraction of sp³-hybridized carbons (Fsp3) is 0.278.